The van der Waals surface area contributed by atoms with Crippen molar-refractivity contribution in [1.82, 2.24) is 10.2 Å². The van der Waals surface area contributed by atoms with Gasteiger partial charge in [0.25, 0.3) is 11.8 Å². The highest BCUT2D eigenvalue weighted by Gasteiger charge is 2.15. The van der Waals surface area contributed by atoms with E-state index in [2.05, 4.69) is 16.8 Å². The number of amides is 2. The first-order chi connectivity index (χ1) is 14.5. The van der Waals surface area contributed by atoms with E-state index in [-0.39, 0.29) is 17.9 Å². The fourth-order valence-corrected chi connectivity index (χ4v) is 4.63. The number of thioether (sulfide) groups is 1. The Hall–Kier alpha value is -2.57. The Morgan fingerprint density at radius 1 is 1.03 bits per heavy atom. The number of carbonyl (C=O) groups is 2. The number of carbonyl (C=O) groups excluding carboxylic acids is 2. The van der Waals surface area contributed by atoms with Crippen molar-refractivity contribution in [1.29, 1.82) is 0 Å². The van der Waals surface area contributed by atoms with E-state index < -0.39 is 0 Å². The van der Waals surface area contributed by atoms with Crippen LogP contribution in [0.3, 0.4) is 0 Å². The average Bonchev–Trinajstić information content (AvgIpc) is 3.29. The number of rotatable bonds is 8. The standard InChI is InChI=1S/C24H26N2O2S2/c1-17(2)26(3)24(28)19-12-10-18(11-13-19)15-25-23(27)21-8-4-5-9-22(21)30-16-20-7-6-14-29-20/h4-14,17H,15-16H2,1-3H3,(H,25,27). The normalized spacial score (nSPS) is 10.8. The summed E-state index contributed by atoms with van der Waals surface area (Å²) in [5.74, 6) is 0.753. The van der Waals surface area contributed by atoms with Crippen LogP contribution in [0, 0.1) is 0 Å². The highest BCUT2D eigenvalue weighted by molar-refractivity contribution is 7.98. The molecule has 0 aliphatic carbocycles. The molecule has 3 rings (SSSR count). The third kappa shape index (κ3) is 5.74. The Balaban J connectivity index is 1.60. The summed E-state index contributed by atoms with van der Waals surface area (Å²) < 4.78 is 0. The number of thiophene rings is 1. The molecule has 0 spiro atoms. The van der Waals surface area contributed by atoms with Crippen LogP contribution in [0.4, 0.5) is 0 Å². The summed E-state index contributed by atoms with van der Waals surface area (Å²) in [6.45, 7) is 4.38. The Morgan fingerprint density at radius 2 is 1.77 bits per heavy atom. The second kappa shape index (κ2) is 10.5. The molecule has 0 saturated carbocycles. The largest absolute Gasteiger partial charge is 0.348 e. The first-order valence-corrected chi connectivity index (χ1v) is 11.7. The van der Waals surface area contributed by atoms with Crippen molar-refractivity contribution in [3.8, 4) is 0 Å². The summed E-state index contributed by atoms with van der Waals surface area (Å²) in [6.07, 6.45) is 0. The Labute approximate surface area is 186 Å². The van der Waals surface area contributed by atoms with Crippen molar-refractivity contribution in [3.63, 3.8) is 0 Å². The minimum Gasteiger partial charge on any atom is -0.348 e. The van der Waals surface area contributed by atoms with E-state index in [0.29, 0.717) is 17.7 Å². The fourth-order valence-electron chi connectivity index (χ4n) is 2.80. The van der Waals surface area contributed by atoms with Gasteiger partial charge in [0.15, 0.2) is 0 Å². The lowest BCUT2D eigenvalue weighted by Crippen LogP contribution is -2.32. The molecule has 0 radical (unpaired) electrons. The predicted octanol–water partition coefficient (Wildman–Crippen LogP) is 5.45. The molecule has 0 aliphatic heterocycles. The molecule has 4 nitrogen and oxygen atoms in total. The zero-order chi connectivity index (χ0) is 21.5. The van der Waals surface area contributed by atoms with Crippen LogP contribution in [0.5, 0.6) is 0 Å². The van der Waals surface area contributed by atoms with Gasteiger partial charge in [0, 0.05) is 40.7 Å². The van der Waals surface area contributed by atoms with Crippen LogP contribution in [0.15, 0.2) is 70.9 Å². The monoisotopic (exact) mass is 438 g/mol. The molecule has 0 unspecified atom stereocenters. The van der Waals surface area contributed by atoms with E-state index in [1.165, 1.54) is 4.88 Å². The lowest BCUT2D eigenvalue weighted by atomic mass is 10.1. The van der Waals surface area contributed by atoms with E-state index in [1.807, 2.05) is 68.4 Å². The summed E-state index contributed by atoms with van der Waals surface area (Å²) in [4.78, 5) is 29.1. The zero-order valence-electron chi connectivity index (χ0n) is 17.4. The molecule has 0 fully saturated rings. The van der Waals surface area contributed by atoms with E-state index in [1.54, 1.807) is 35.0 Å². The van der Waals surface area contributed by atoms with Gasteiger partial charge >= 0.3 is 0 Å². The van der Waals surface area contributed by atoms with Gasteiger partial charge in [-0.2, -0.15) is 0 Å². The Bertz CT molecular complexity index is 983. The number of hydrogen-bond acceptors (Lipinski definition) is 4. The summed E-state index contributed by atoms with van der Waals surface area (Å²) in [7, 11) is 1.80. The van der Waals surface area contributed by atoms with Crippen LogP contribution in [0.25, 0.3) is 0 Å². The van der Waals surface area contributed by atoms with Gasteiger partial charge < -0.3 is 10.2 Å². The minimum absolute atomic E-state index is 0.00252. The van der Waals surface area contributed by atoms with Crippen LogP contribution in [-0.4, -0.2) is 29.8 Å². The van der Waals surface area contributed by atoms with Crippen molar-refractivity contribution in [2.45, 2.75) is 37.1 Å². The Kier molecular flexibility index (Phi) is 7.71. The van der Waals surface area contributed by atoms with Gasteiger partial charge in [-0.3, -0.25) is 9.59 Å². The third-order valence-corrected chi connectivity index (χ3v) is 7.01. The first kappa shape index (κ1) is 22.1. The first-order valence-electron chi connectivity index (χ1n) is 9.84. The van der Waals surface area contributed by atoms with Gasteiger partial charge in [-0.15, -0.1) is 23.1 Å². The molecule has 2 amide bonds. The van der Waals surface area contributed by atoms with E-state index in [4.69, 9.17) is 0 Å². The topological polar surface area (TPSA) is 49.4 Å². The molecule has 2 aromatic carbocycles. The van der Waals surface area contributed by atoms with Gasteiger partial charge in [-0.25, -0.2) is 0 Å². The molecule has 0 saturated heterocycles. The fraction of sp³-hybridized carbons (Fsp3) is 0.250. The molecule has 1 N–H and O–H groups in total. The van der Waals surface area contributed by atoms with E-state index in [0.717, 1.165) is 16.2 Å². The van der Waals surface area contributed by atoms with Crippen molar-refractivity contribution in [2.75, 3.05) is 7.05 Å². The molecular weight excluding hydrogens is 412 g/mol. The van der Waals surface area contributed by atoms with Gasteiger partial charge in [0.05, 0.1) is 5.56 Å². The predicted molar refractivity (Wildman–Crippen MR) is 125 cm³/mol. The second-order valence-corrected chi connectivity index (χ2v) is 9.30. The van der Waals surface area contributed by atoms with Crippen molar-refractivity contribution in [2.24, 2.45) is 0 Å². The third-order valence-electron chi connectivity index (χ3n) is 4.83. The molecule has 3 aromatic rings. The lowest BCUT2D eigenvalue weighted by Gasteiger charge is -2.21. The van der Waals surface area contributed by atoms with Crippen molar-refractivity contribution >= 4 is 34.9 Å². The van der Waals surface area contributed by atoms with Crippen molar-refractivity contribution in [3.05, 3.63) is 87.6 Å². The van der Waals surface area contributed by atoms with Crippen LogP contribution < -0.4 is 5.32 Å². The highest BCUT2D eigenvalue weighted by Crippen LogP contribution is 2.28. The quantitative estimate of drug-likeness (QED) is 0.476. The number of nitrogens with one attached hydrogen (secondary N) is 1. The molecule has 1 aromatic heterocycles. The van der Waals surface area contributed by atoms with Gasteiger partial charge in [0.2, 0.25) is 0 Å². The number of benzene rings is 2. The van der Waals surface area contributed by atoms with Crippen LogP contribution in [-0.2, 0) is 12.3 Å². The molecule has 1 heterocycles. The maximum atomic E-state index is 12.8. The molecule has 156 valence electrons. The van der Waals surface area contributed by atoms with Gasteiger partial charge in [-0.1, -0.05) is 30.3 Å². The van der Waals surface area contributed by atoms with Crippen LogP contribution in [0.1, 0.15) is 45.0 Å². The SMILES string of the molecule is CC(C)N(C)C(=O)c1ccc(CNC(=O)c2ccccc2SCc2cccs2)cc1. The van der Waals surface area contributed by atoms with E-state index >= 15 is 0 Å². The molecule has 6 heteroatoms. The molecule has 0 aliphatic rings. The minimum atomic E-state index is -0.0935. The molecule has 0 atom stereocenters. The maximum absolute atomic E-state index is 12.8. The zero-order valence-corrected chi connectivity index (χ0v) is 19.1. The summed E-state index contributed by atoms with van der Waals surface area (Å²) in [6, 6.07) is 19.4. The highest BCUT2D eigenvalue weighted by atomic mass is 32.2. The summed E-state index contributed by atoms with van der Waals surface area (Å²) in [5.41, 5.74) is 2.29. The van der Waals surface area contributed by atoms with Gasteiger partial charge in [-0.05, 0) is 55.1 Å². The number of hydrogen-bond donors (Lipinski definition) is 1. The van der Waals surface area contributed by atoms with Gasteiger partial charge in [0.1, 0.15) is 0 Å². The van der Waals surface area contributed by atoms with Crippen molar-refractivity contribution < 1.29 is 9.59 Å². The molecular formula is C24H26N2O2S2. The smallest absolute Gasteiger partial charge is 0.253 e. The Morgan fingerprint density at radius 3 is 2.43 bits per heavy atom. The molecule has 30 heavy (non-hydrogen) atoms. The van der Waals surface area contributed by atoms with Crippen LogP contribution in [0.2, 0.25) is 0 Å². The average molecular weight is 439 g/mol. The molecule has 0 bridgehead atoms. The van der Waals surface area contributed by atoms with Crippen LogP contribution >= 0.6 is 23.1 Å². The maximum Gasteiger partial charge on any atom is 0.253 e. The summed E-state index contributed by atoms with van der Waals surface area (Å²) >= 11 is 3.39. The lowest BCUT2D eigenvalue weighted by molar-refractivity contribution is 0.0754. The summed E-state index contributed by atoms with van der Waals surface area (Å²) in [5, 5.41) is 5.06. The number of nitrogens with zero attached hydrogens (tertiary/aromatic N) is 1. The second-order valence-electron chi connectivity index (χ2n) is 7.25. The van der Waals surface area contributed by atoms with E-state index in [9.17, 15) is 9.59 Å².